The normalized spacial score (nSPS) is 16.3. The number of rotatable bonds is 5. The number of amides is 1. The van der Waals surface area contributed by atoms with Crippen molar-refractivity contribution in [3.05, 3.63) is 72.1 Å². The fourth-order valence-corrected chi connectivity index (χ4v) is 4.56. The third-order valence-corrected chi connectivity index (χ3v) is 6.46. The average Bonchev–Trinajstić information content (AvgIpc) is 2.77. The first-order valence-electron chi connectivity index (χ1n) is 10.3. The van der Waals surface area contributed by atoms with Crippen LogP contribution in [0.4, 0.5) is 11.5 Å². The van der Waals surface area contributed by atoms with Gasteiger partial charge in [0.15, 0.2) is 5.82 Å². The van der Waals surface area contributed by atoms with Crippen molar-refractivity contribution in [3.8, 4) is 0 Å². The smallest absolute Gasteiger partial charge is 0.229 e. The molecule has 0 unspecified atom stereocenters. The van der Waals surface area contributed by atoms with E-state index in [9.17, 15) is 4.79 Å². The molecule has 154 valence electrons. The molecule has 2 heterocycles. The molecular weight excluding hydrogens is 392 g/mol. The Labute approximate surface area is 181 Å². The van der Waals surface area contributed by atoms with E-state index in [4.69, 9.17) is 0 Å². The van der Waals surface area contributed by atoms with Crippen LogP contribution in [0.3, 0.4) is 0 Å². The van der Waals surface area contributed by atoms with Crippen LogP contribution in [0, 0.1) is 19.8 Å². The number of nitrogens with one attached hydrogen (secondary N) is 1. The van der Waals surface area contributed by atoms with Gasteiger partial charge in [-0.3, -0.25) is 4.79 Å². The zero-order valence-electron chi connectivity index (χ0n) is 17.3. The summed E-state index contributed by atoms with van der Waals surface area (Å²) in [4.78, 5) is 25.4. The SMILES string of the molecule is Cc1ccc(NC(=O)[C@H]2CCCN(c3nccnc3Sc3ccccc3)C2)cc1C. The highest BCUT2D eigenvalue weighted by atomic mass is 32.2. The van der Waals surface area contributed by atoms with Crippen molar-refractivity contribution in [3.63, 3.8) is 0 Å². The van der Waals surface area contributed by atoms with Gasteiger partial charge in [-0.05, 0) is 62.1 Å². The number of aromatic nitrogens is 2. The Morgan fingerprint density at radius 2 is 1.87 bits per heavy atom. The Bertz CT molecular complexity index is 1020. The van der Waals surface area contributed by atoms with Crippen LogP contribution in [0.5, 0.6) is 0 Å². The summed E-state index contributed by atoms with van der Waals surface area (Å²) < 4.78 is 0. The van der Waals surface area contributed by atoms with Gasteiger partial charge in [0.05, 0.1) is 5.92 Å². The van der Waals surface area contributed by atoms with Crippen molar-refractivity contribution >= 4 is 29.2 Å². The number of carbonyl (C=O) groups is 1. The molecule has 1 N–H and O–H groups in total. The van der Waals surface area contributed by atoms with Crippen LogP contribution in [0.25, 0.3) is 0 Å². The Morgan fingerprint density at radius 1 is 1.07 bits per heavy atom. The number of hydrogen-bond acceptors (Lipinski definition) is 5. The number of carbonyl (C=O) groups excluding carboxylic acids is 1. The Hall–Kier alpha value is -2.86. The molecule has 1 fully saturated rings. The molecule has 0 aliphatic carbocycles. The molecule has 1 aliphatic heterocycles. The summed E-state index contributed by atoms with van der Waals surface area (Å²) in [5, 5.41) is 3.97. The van der Waals surface area contributed by atoms with Crippen LogP contribution in [0.15, 0.2) is 70.8 Å². The van der Waals surface area contributed by atoms with Crippen LogP contribution >= 0.6 is 11.8 Å². The molecule has 0 saturated carbocycles. The van der Waals surface area contributed by atoms with E-state index in [0.717, 1.165) is 40.8 Å². The van der Waals surface area contributed by atoms with Crippen molar-refractivity contribution in [1.29, 1.82) is 0 Å². The Kier molecular flexibility index (Phi) is 6.33. The van der Waals surface area contributed by atoms with Gasteiger partial charge in [0, 0.05) is 36.1 Å². The lowest BCUT2D eigenvalue weighted by Gasteiger charge is -2.33. The maximum absolute atomic E-state index is 12.9. The van der Waals surface area contributed by atoms with E-state index in [-0.39, 0.29) is 11.8 Å². The number of nitrogens with zero attached hydrogens (tertiary/aromatic N) is 3. The Morgan fingerprint density at radius 3 is 2.67 bits per heavy atom. The van der Waals surface area contributed by atoms with E-state index in [1.807, 2.05) is 36.4 Å². The van der Waals surface area contributed by atoms with Crippen molar-refractivity contribution in [1.82, 2.24) is 9.97 Å². The summed E-state index contributed by atoms with van der Waals surface area (Å²) in [5.74, 6) is 0.857. The lowest BCUT2D eigenvalue weighted by atomic mass is 9.97. The van der Waals surface area contributed by atoms with E-state index in [1.54, 1.807) is 24.2 Å². The van der Waals surface area contributed by atoms with Gasteiger partial charge >= 0.3 is 0 Å². The third-order valence-electron chi connectivity index (χ3n) is 5.47. The molecule has 1 atom stereocenters. The predicted octanol–water partition coefficient (Wildman–Crippen LogP) is 5.10. The number of benzene rings is 2. The fraction of sp³-hybridized carbons (Fsp3) is 0.292. The molecule has 0 spiro atoms. The van der Waals surface area contributed by atoms with Gasteiger partial charge in [0.1, 0.15) is 5.03 Å². The van der Waals surface area contributed by atoms with Gasteiger partial charge in [-0.2, -0.15) is 0 Å². The molecule has 6 heteroatoms. The number of aryl methyl sites for hydroxylation is 2. The fourth-order valence-electron chi connectivity index (χ4n) is 3.65. The molecule has 1 saturated heterocycles. The highest BCUT2D eigenvalue weighted by Crippen LogP contribution is 2.34. The molecule has 1 aliphatic rings. The van der Waals surface area contributed by atoms with E-state index in [1.165, 1.54) is 11.1 Å². The van der Waals surface area contributed by atoms with E-state index >= 15 is 0 Å². The summed E-state index contributed by atoms with van der Waals surface area (Å²) in [6, 6.07) is 16.2. The second kappa shape index (κ2) is 9.30. The summed E-state index contributed by atoms with van der Waals surface area (Å²) in [6.07, 6.45) is 5.29. The summed E-state index contributed by atoms with van der Waals surface area (Å²) in [7, 11) is 0. The van der Waals surface area contributed by atoms with E-state index in [0.29, 0.717) is 6.54 Å². The first-order chi connectivity index (χ1) is 14.6. The van der Waals surface area contributed by atoms with Gasteiger partial charge in [-0.25, -0.2) is 9.97 Å². The maximum Gasteiger partial charge on any atom is 0.229 e. The zero-order valence-corrected chi connectivity index (χ0v) is 18.2. The zero-order chi connectivity index (χ0) is 20.9. The van der Waals surface area contributed by atoms with Crippen LogP contribution in [0.1, 0.15) is 24.0 Å². The van der Waals surface area contributed by atoms with Gasteiger partial charge in [0.2, 0.25) is 5.91 Å². The molecular formula is C24H26N4OS. The highest BCUT2D eigenvalue weighted by Gasteiger charge is 2.28. The third kappa shape index (κ3) is 4.82. The standard InChI is InChI=1S/C24H26N4OS/c1-17-10-11-20(15-18(17)2)27-23(29)19-7-6-14-28(16-19)22-24(26-13-12-25-22)30-21-8-4-3-5-9-21/h3-5,8-13,15,19H,6-7,14,16H2,1-2H3,(H,27,29)/t19-/m0/s1. The first kappa shape index (κ1) is 20.4. The topological polar surface area (TPSA) is 58.1 Å². The largest absolute Gasteiger partial charge is 0.354 e. The van der Waals surface area contributed by atoms with Crippen molar-refractivity contribution in [2.45, 2.75) is 36.6 Å². The molecule has 5 nitrogen and oxygen atoms in total. The monoisotopic (exact) mass is 418 g/mol. The second-order valence-corrected chi connectivity index (χ2v) is 8.74. The van der Waals surface area contributed by atoms with Gasteiger partial charge < -0.3 is 10.2 Å². The maximum atomic E-state index is 12.9. The van der Waals surface area contributed by atoms with Gasteiger partial charge in [-0.1, -0.05) is 36.0 Å². The van der Waals surface area contributed by atoms with E-state index in [2.05, 4.69) is 46.2 Å². The molecule has 1 amide bonds. The van der Waals surface area contributed by atoms with Crippen LogP contribution < -0.4 is 10.2 Å². The van der Waals surface area contributed by atoms with Gasteiger partial charge in [-0.15, -0.1) is 0 Å². The van der Waals surface area contributed by atoms with E-state index < -0.39 is 0 Å². The minimum atomic E-state index is -0.0723. The molecule has 2 aromatic carbocycles. The number of anilines is 2. The molecule has 30 heavy (non-hydrogen) atoms. The highest BCUT2D eigenvalue weighted by molar-refractivity contribution is 7.99. The van der Waals surface area contributed by atoms with Crippen LogP contribution in [-0.2, 0) is 4.79 Å². The predicted molar refractivity (Wildman–Crippen MR) is 122 cm³/mol. The van der Waals surface area contributed by atoms with Crippen molar-refractivity contribution < 1.29 is 4.79 Å². The van der Waals surface area contributed by atoms with Crippen molar-refractivity contribution in [2.75, 3.05) is 23.3 Å². The average molecular weight is 419 g/mol. The van der Waals surface area contributed by atoms with Gasteiger partial charge in [0.25, 0.3) is 0 Å². The first-order valence-corrected chi connectivity index (χ1v) is 11.1. The number of hydrogen-bond donors (Lipinski definition) is 1. The summed E-state index contributed by atoms with van der Waals surface area (Å²) in [6.45, 7) is 5.67. The minimum Gasteiger partial charge on any atom is -0.354 e. The van der Waals surface area contributed by atoms with Crippen molar-refractivity contribution in [2.24, 2.45) is 5.92 Å². The molecule has 0 bridgehead atoms. The molecule has 1 aromatic heterocycles. The summed E-state index contributed by atoms with van der Waals surface area (Å²) in [5.41, 5.74) is 3.27. The molecule has 3 aromatic rings. The van der Waals surface area contributed by atoms with Crippen LogP contribution in [0.2, 0.25) is 0 Å². The lowest BCUT2D eigenvalue weighted by Crippen LogP contribution is -2.41. The molecule has 0 radical (unpaired) electrons. The molecule has 4 rings (SSSR count). The second-order valence-electron chi connectivity index (χ2n) is 7.67. The quantitative estimate of drug-likeness (QED) is 0.625. The lowest BCUT2D eigenvalue weighted by molar-refractivity contribution is -0.120. The number of piperidine rings is 1. The summed E-state index contributed by atoms with van der Waals surface area (Å²) >= 11 is 1.61. The Balaban J connectivity index is 1.47. The van der Waals surface area contributed by atoms with Crippen LogP contribution in [-0.4, -0.2) is 29.0 Å². The minimum absolute atomic E-state index is 0.0723.